The fourth-order valence-electron chi connectivity index (χ4n) is 3.48. The summed E-state index contributed by atoms with van der Waals surface area (Å²) in [5, 5.41) is 9.46. The molecule has 0 saturated heterocycles. The van der Waals surface area contributed by atoms with Crippen molar-refractivity contribution in [3.05, 3.63) is 23.2 Å². The molecule has 1 N–H and O–H groups in total. The molecule has 0 bridgehead atoms. The lowest BCUT2D eigenvalue weighted by Gasteiger charge is -2.44. The van der Waals surface area contributed by atoms with Crippen LogP contribution in [0.3, 0.4) is 0 Å². The highest BCUT2D eigenvalue weighted by Crippen LogP contribution is 2.42. The number of ether oxygens (including phenoxy) is 1. The summed E-state index contributed by atoms with van der Waals surface area (Å²) in [4.78, 5) is 25.5. The minimum absolute atomic E-state index is 0.00558. The van der Waals surface area contributed by atoms with Gasteiger partial charge in [0.2, 0.25) is 0 Å². The van der Waals surface area contributed by atoms with E-state index in [4.69, 9.17) is 18.0 Å². The predicted octanol–water partition coefficient (Wildman–Crippen LogP) is 4.24. The zero-order valence-electron chi connectivity index (χ0n) is 14.3. The molecule has 1 aromatic rings. The summed E-state index contributed by atoms with van der Waals surface area (Å²) < 4.78 is 41.0. The van der Waals surface area contributed by atoms with Gasteiger partial charge in [0, 0.05) is 5.69 Å². The topological polar surface area (TPSA) is 66.8 Å². The molecule has 1 fully saturated rings. The van der Waals surface area contributed by atoms with Crippen LogP contribution in [-0.4, -0.2) is 28.9 Å². The molecular weight excluding hydrogens is 387 g/mol. The fourth-order valence-corrected chi connectivity index (χ4v) is 3.69. The zero-order chi connectivity index (χ0) is 20.4. The molecule has 2 atom stereocenters. The van der Waals surface area contributed by atoms with E-state index in [1.807, 2.05) is 12.8 Å². The molecule has 9 heteroatoms. The van der Waals surface area contributed by atoms with E-state index in [1.165, 1.54) is 0 Å². The van der Waals surface area contributed by atoms with E-state index in [0.717, 1.165) is 29.5 Å². The van der Waals surface area contributed by atoms with Gasteiger partial charge < -0.3 is 9.84 Å². The quantitative estimate of drug-likeness (QED) is 0.764. The van der Waals surface area contributed by atoms with E-state index in [9.17, 15) is 27.9 Å². The van der Waals surface area contributed by atoms with Crippen LogP contribution in [0.4, 0.5) is 18.9 Å². The maximum absolute atomic E-state index is 12.4. The monoisotopic (exact) mass is 403 g/mol. The van der Waals surface area contributed by atoms with Crippen molar-refractivity contribution < 1.29 is 32.6 Å². The molecule has 0 heterocycles. The third kappa shape index (κ3) is 4.48. The molecule has 146 valence electrons. The van der Waals surface area contributed by atoms with Gasteiger partial charge in [0.25, 0.3) is 0 Å². The lowest BCUT2D eigenvalue weighted by atomic mass is 9.75. The second-order valence-corrected chi connectivity index (χ2v) is 6.89. The van der Waals surface area contributed by atoms with Crippen LogP contribution in [0.5, 0.6) is 5.75 Å². The number of aliphatic carboxylic acids is 1. The van der Waals surface area contributed by atoms with Crippen LogP contribution >= 0.6 is 11.6 Å². The molecule has 5 nitrogen and oxygen atoms in total. The summed E-state index contributed by atoms with van der Waals surface area (Å²) in [6, 6.07) is 3.09. The van der Waals surface area contributed by atoms with E-state index in [0.29, 0.717) is 6.42 Å². The third-order valence-electron chi connectivity index (χ3n) is 4.53. The van der Waals surface area contributed by atoms with Gasteiger partial charge in [-0.05, 0) is 42.9 Å². The Kier molecular flexibility index (Phi) is 5.95. The largest absolute Gasteiger partial charge is 0.573 e. The summed E-state index contributed by atoms with van der Waals surface area (Å²) in [6.45, 7) is 1.86. The number of carbonyl (C=O) groups is 2. The highest BCUT2D eigenvalue weighted by atomic mass is 35.5. The smallest absolute Gasteiger partial charge is 0.479 e. The number of amides is 1. The first kappa shape index (κ1) is 20.9. The number of rotatable bonds is 4. The minimum atomic E-state index is -4.94. The van der Waals surface area contributed by atoms with Gasteiger partial charge in [-0.15, -0.1) is 19.6 Å². The van der Waals surface area contributed by atoms with E-state index in [2.05, 4.69) is 4.74 Å². The first-order chi connectivity index (χ1) is 12.5. The molecule has 1 saturated carbocycles. The molecule has 0 aromatic heterocycles. The first-order valence-corrected chi connectivity index (χ1v) is 8.47. The Morgan fingerprint density at radius 3 is 2.59 bits per heavy atom. The average molecular weight is 404 g/mol. The number of anilines is 1. The van der Waals surface area contributed by atoms with Gasteiger partial charge in [0.15, 0.2) is 0 Å². The van der Waals surface area contributed by atoms with Crippen molar-refractivity contribution in [2.24, 2.45) is 5.92 Å². The van der Waals surface area contributed by atoms with E-state index >= 15 is 0 Å². The van der Waals surface area contributed by atoms with Crippen LogP contribution in [0.1, 0.15) is 32.6 Å². The van der Waals surface area contributed by atoms with E-state index in [-0.39, 0.29) is 24.4 Å². The lowest BCUT2D eigenvalue weighted by molar-refractivity contribution is -0.274. The molecule has 2 rings (SSSR count). The van der Waals surface area contributed by atoms with Gasteiger partial charge in [-0.25, -0.2) is 4.79 Å². The number of alkyl halides is 3. The number of terminal acetylenes is 1. The molecule has 1 aliphatic carbocycles. The summed E-state index contributed by atoms with van der Waals surface area (Å²) in [5.41, 5.74) is -1.61. The maximum Gasteiger partial charge on any atom is 0.573 e. The van der Waals surface area contributed by atoms with Crippen molar-refractivity contribution in [3.63, 3.8) is 0 Å². The summed E-state index contributed by atoms with van der Waals surface area (Å²) in [5.74, 6) is -0.890. The number of carboxylic acids is 1. The second-order valence-electron chi connectivity index (χ2n) is 6.49. The average Bonchev–Trinajstić information content (AvgIpc) is 2.56. The van der Waals surface area contributed by atoms with E-state index in [1.54, 1.807) is 0 Å². The first-order valence-electron chi connectivity index (χ1n) is 8.09. The van der Waals surface area contributed by atoms with E-state index < -0.39 is 34.5 Å². The van der Waals surface area contributed by atoms with Gasteiger partial charge in [-0.2, -0.15) is 0 Å². The number of carboxylic acid groups (broad SMARTS) is 1. The Morgan fingerprint density at radius 1 is 1.44 bits per heavy atom. The van der Waals surface area contributed by atoms with Crippen LogP contribution in [0, 0.1) is 18.3 Å². The number of hydrogen-bond donors (Lipinski definition) is 1. The van der Waals surface area contributed by atoms with Crippen molar-refractivity contribution in [3.8, 4) is 18.1 Å². The van der Waals surface area contributed by atoms with Gasteiger partial charge >= 0.3 is 18.2 Å². The highest BCUT2D eigenvalue weighted by Gasteiger charge is 2.49. The lowest BCUT2D eigenvalue weighted by Crippen LogP contribution is -2.59. The zero-order valence-corrected chi connectivity index (χ0v) is 15.1. The van der Waals surface area contributed by atoms with Crippen molar-refractivity contribution in [2.45, 2.75) is 44.5 Å². The van der Waals surface area contributed by atoms with Crippen LogP contribution in [-0.2, 0) is 9.59 Å². The Bertz CT molecular complexity index is 790. The molecular formula is C18H17ClF3NO4. The summed E-state index contributed by atoms with van der Waals surface area (Å²) in [7, 11) is 0. The van der Waals surface area contributed by atoms with Crippen molar-refractivity contribution in [2.75, 3.05) is 4.90 Å². The van der Waals surface area contributed by atoms with Gasteiger partial charge in [-0.1, -0.05) is 31.4 Å². The maximum atomic E-state index is 12.4. The SMILES string of the molecule is C#CC(=O)N(c1ccc(OC(F)(F)F)c(Cl)c1)[C@]1(C(=O)O)CCC[C@@H](C)C1. The van der Waals surface area contributed by atoms with Gasteiger partial charge in [-0.3, -0.25) is 9.69 Å². The molecule has 0 aliphatic heterocycles. The predicted molar refractivity (Wildman–Crippen MR) is 92.5 cm³/mol. The highest BCUT2D eigenvalue weighted by molar-refractivity contribution is 6.32. The molecule has 1 amide bonds. The molecule has 27 heavy (non-hydrogen) atoms. The van der Waals surface area contributed by atoms with Gasteiger partial charge in [0.05, 0.1) is 5.02 Å². The van der Waals surface area contributed by atoms with Crippen LogP contribution in [0.15, 0.2) is 18.2 Å². The molecule has 0 spiro atoms. The van der Waals surface area contributed by atoms with Crippen molar-refractivity contribution >= 4 is 29.2 Å². The van der Waals surface area contributed by atoms with Crippen LogP contribution in [0.25, 0.3) is 0 Å². The normalized spacial score (nSPS) is 22.6. The number of benzene rings is 1. The number of nitrogens with zero attached hydrogens (tertiary/aromatic N) is 1. The fraction of sp³-hybridized carbons (Fsp3) is 0.444. The summed E-state index contributed by atoms with van der Waals surface area (Å²) >= 11 is 5.86. The Morgan fingerprint density at radius 2 is 2.11 bits per heavy atom. The Balaban J connectivity index is 2.54. The Hall–Kier alpha value is -2.40. The molecule has 1 aliphatic rings. The third-order valence-corrected chi connectivity index (χ3v) is 4.82. The minimum Gasteiger partial charge on any atom is -0.479 e. The van der Waals surface area contributed by atoms with Gasteiger partial charge in [0.1, 0.15) is 11.3 Å². The second kappa shape index (κ2) is 7.69. The standard InChI is InChI=1S/C18H17ClF3NO4/c1-3-15(24)23(17(16(25)26)8-4-5-11(2)10-17)12-6-7-14(13(19)9-12)27-18(20,21)22/h1,6-7,9,11H,4-5,8,10H2,2H3,(H,25,26)/t11-,17-/m1/s1. The number of halogens is 4. The molecule has 0 radical (unpaired) electrons. The van der Waals surface area contributed by atoms with Crippen molar-refractivity contribution in [1.82, 2.24) is 0 Å². The Labute approximate surface area is 159 Å². The molecule has 1 aromatic carbocycles. The number of hydrogen-bond acceptors (Lipinski definition) is 3. The number of carbonyl (C=O) groups excluding carboxylic acids is 1. The molecule has 0 unspecified atom stereocenters. The summed E-state index contributed by atoms with van der Waals surface area (Å²) in [6.07, 6.45) is 1.96. The van der Waals surface area contributed by atoms with Crippen LogP contribution in [0.2, 0.25) is 5.02 Å². The van der Waals surface area contributed by atoms with Crippen molar-refractivity contribution in [1.29, 1.82) is 0 Å². The van der Waals surface area contributed by atoms with Crippen LogP contribution < -0.4 is 9.64 Å².